The molecule has 51 heavy (non-hydrogen) atoms. The highest BCUT2D eigenvalue weighted by molar-refractivity contribution is 14.1. The van der Waals surface area contributed by atoms with Crippen LogP contribution in [0.1, 0.15) is 55.2 Å². The molecule has 18 heteroatoms. The average molecular weight is 926 g/mol. The SMILES string of the molecule is CN(Cc1cnc2nc(N)nc(N)c2n1)c1ccc(C(=O)N[C@@H](CCC(=O)OC(C)(C)C)C(=O)N[C@@H](Cc2cc(I)c(O)c(I)c2)C(=O)O)cc1. The first-order chi connectivity index (χ1) is 23.9. The van der Waals surface area contributed by atoms with Gasteiger partial charge in [0, 0.05) is 31.1 Å². The van der Waals surface area contributed by atoms with Crippen molar-refractivity contribution < 1.29 is 34.1 Å². The van der Waals surface area contributed by atoms with Gasteiger partial charge in [-0.1, -0.05) is 0 Å². The summed E-state index contributed by atoms with van der Waals surface area (Å²) in [7, 11) is 1.82. The number of nitrogens with one attached hydrogen (secondary N) is 2. The lowest BCUT2D eigenvalue weighted by Gasteiger charge is -2.23. The van der Waals surface area contributed by atoms with Crippen molar-refractivity contribution in [2.24, 2.45) is 0 Å². The molecule has 16 nitrogen and oxygen atoms in total. The number of fused-ring (bicyclic) bond motifs is 1. The zero-order valence-corrected chi connectivity index (χ0v) is 32.4. The number of carboxylic acids is 1. The third kappa shape index (κ3) is 10.9. The number of ether oxygens (including phenoxy) is 1. The predicted octanol–water partition coefficient (Wildman–Crippen LogP) is 3.17. The fourth-order valence-electron chi connectivity index (χ4n) is 4.87. The lowest BCUT2D eigenvalue weighted by atomic mass is 10.0. The number of anilines is 3. The van der Waals surface area contributed by atoms with Gasteiger partial charge >= 0.3 is 11.9 Å². The first-order valence-electron chi connectivity index (χ1n) is 15.5. The van der Waals surface area contributed by atoms with Crippen LogP contribution in [-0.2, 0) is 32.1 Å². The topological polar surface area (TPSA) is 249 Å². The van der Waals surface area contributed by atoms with Crippen molar-refractivity contribution in [2.45, 2.75) is 64.3 Å². The van der Waals surface area contributed by atoms with E-state index in [1.807, 2.05) is 57.1 Å². The number of phenolic OH excluding ortho intramolecular Hbond substituents is 1. The summed E-state index contributed by atoms with van der Waals surface area (Å²) in [5, 5.41) is 25.2. The minimum absolute atomic E-state index is 0.00186. The monoisotopic (exact) mass is 925 g/mol. The van der Waals surface area contributed by atoms with Crippen LogP contribution in [0.25, 0.3) is 11.2 Å². The molecule has 0 saturated heterocycles. The molecule has 4 rings (SSSR count). The zero-order valence-electron chi connectivity index (χ0n) is 28.1. The van der Waals surface area contributed by atoms with Crippen LogP contribution < -0.4 is 27.0 Å². The second-order valence-corrected chi connectivity index (χ2v) is 14.9. The minimum Gasteiger partial charge on any atom is -0.506 e. The first-order valence-corrected chi connectivity index (χ1v) is 17.6. The molecule has 8 N–H and O–H groups in total. The number of esters is 1. The van der Waals surface area contributed by atoms with E-state index in [1.165, 1.54) is 0 Å². The Labute approximate surface area is 320 Å². The zero-order chi connectivity index (χ0) is 37.6. The normalized spacial score (nSPS) is 12.5. The standard InChI is InChI=1S/C33H37I2N9O7/c1-33(2,3)51-24(45)10-9-22(30(48)41-23(31(49)50)13-16-11-20(34)26(46)21(35)12-16)40-29(47)17-5-7-19(8-6-17)44(4)15-18-14-38-28-25(39-18)27(36)42-32(37)43-28/h5-8,11-12,14,22-23,46H,9-10,13,15H2,1-4H3,(H,40,47)(H,41,48)(H,49,50)(H4,36,37,38,42,43)/t22-,23-/m0/s1. The highest BCUT2D eigenvalue weighted by atomic mass is 127. The molecule has 0 spiro atoms. The number of halogens is 2. The molecule has 2 atom stereocenters. The Hall–Kier alpha value is -4.60. The fraction of sp³-hybridized carbons (Fsp3) is 0.333. The number of carbonyl (C=O) groups excluding carboxylic acids is 3. The molecule has 0 unspecified atom stereocenters. The van der Waals surface area contributed by atoms with Crippen molar-refractivity contribution in [1.82, 2.24) is 30.6 Å². The molecular weight excluding hydrogens is 888 g/mol. The maximum Gasteiger partial charge on any atom is 0.326 e. The number of rotatable bonds is 13. The number of aliphatic carboxylic acids is 1. The quantitative estimate of drug-likeness (QED) is 0.0834. The summed E-state index contributed by atoms with van der Waals surface area (Å²) in [6.07, 6.45) is 1.10. The molecule has 2 amide bonds. The maximum absolute atomic E-state index is 13.5. The molecule has 4 aromatic rings. The van der Waals surface area contributed by atoms with E-state index in [1.54, 1.807) is 63.4 Å². The molecule has 0 radical (unpaired) electrons. The number of hydrogen-bond acceptors (Lipinski definition) is 13. The third-order valence-electron chi connectivity index (χ3n) is 7.28. The Balaban J connectivity index is 1.47. The van der Waals surface area contributed by atoms with E-state index in [2.05, 4.69) is 30.6 Å². The highest BCUT2D eigenvalue weighted by Gasteiger charge is 2.29. The van der Waals surface area contributed by atoms with Crippen molar-refractivity contribution in [3.05, 3.63) is 66.6 Å². The number of aromatic hydroxyl groups is 1. The molecule has 2 aromatic heterocycles. The summed E-state index contributed by atoms with van der Waals surface area (Å²) < 4.78 is 6.42. The molecule has 0 aliphatic rings. The van der Waals surface area contributed by atoms with E-state index in [0.717, 1.165) is 5.69 Å². The third-order valence-corrected chi connectivity index (χ3v) is 8.93. The number of nitrogen functional groups attached to an aromatic ring is 2. The van der Waals surface area contributed by atoms with Crippen molar-refractivity contribution >= 4 is 97.6 Å². The average Bonchev–Trinajstić information content (AvgIpc) is 3.04. The van der Waals surface area contributed by atoms with Gasteiger partial charge in [-0.2, -0.15) is 9.97 Å². The van der Waals surface area contributed by atoms with Crippen LogP contribution in [0.3, 0.4) is 0 Å². The summed E-state index contributed by atoms with van der Waals surface area (Å²) >= 11 is 3.87. The van der Waals surface area contributed by atoms with Crippen LogP contribution in [0.15, 0.2) is 42.6 Å². The number of amides is 2. The van der Waals surface area contributed by atoms with Gasteiger partial charge in [0.2, 0.25) is 11.9 Å². The summed E-state index contributed by atoms with van der Waals surface area (Å²) in [6, 6.07) is 7.17. The number of phenols is 1. The van der Waals surface area contributed by atoms with Gasteiger partial charge in [0.15, 0.2) is 17.0 Å². The van der Waals surface area contributed by atoms with E-state index in [9.17, 15) is 29.4 Å². The molecule has 0 bridgehead atoms. The Bertz CT molecular complexity index is 1930. The van der Waals surface area contributed by atoms with Gasteiger partial charge in [0.25, 0.3) is 5.91 Å². The summed E-state index contributed by atoms with van der Waals surface area (Å²) in [4.78, 5) is 70.2. The van der Waals surface area contributed by atoms with Gasteiger partial charge < -0.3 is 42.0 Å². The predicted molar refractivity (Wildman–Crippen MR) is 206 cm³/mol. The minimum atomic E-state index is -1.36. The highest BCUT2D eigenvalue weighted by Crippen LogP contribution is 2.28. The van der Waals surface area contributed by atoms with Gasteiger partial charge in [-0.05, 0) is 114 Å². The molecule has 0 aliphatic carbocycles. The lowest BCUT2D eigenvalue weighted by molar-refractivity contribution is -0.155. The van der Waals surface area contributed by atoms with Gasteiger partial charge in [-0.3, -0.25) is 14.4 Å². The molecule has 0 aliphatic heterocycles. The number of carbonyl (C=O) groups is 4. The smallest absolute Gasteiger partial charge is 0.326 e. The largest absolute Gasteiger partial charge is 0.506 e. The van der Waals surface area contributed by atoms with Crippen LogP contribution in [0.4, 0.5) is 17.5 Å². The lowest BCUT2D eigenvalue weighted by Crippen LogP contribution is -2.52. The number of hydrogen-bond donors (Lipinski definition) is 6. The van der Waals surface area contributed by atoms with E-state index in [0.29, 0.717) is 30.5 Å². The number of aromatic nitrogens is 4. The Morgan fingerprint density at radius 1 is 0.980 bits per heavy atom. The van der Waals surface area contributed by atoms with Gasteiger partial charge in [0.1, 0.15) is 23.4 Å². The second kappa shape index (κ2) is 16.6. The van der Waals surface area contributed by atoms with Crippen LogP contribution in [-0.4, -0.2) is 78.6 Å². The van der Waals surface area contributed by atoms with E-state index >= 15 is 0 Å². The van der Waals surface area contributed by atoms with Crippen molar-refractivity contribution in [3.63, 3.8) is 0 Å². The van der Waals surface area contributed by atoms with Gasteiger partial charge in [-0.25, -0.2) is 14.8 Å². The summed E-state index contributed by atoms with van der Waals surface area (Å²) in [5.41, 5.74) is 13.5. The fourth-order valence-corrected chi connectivity index (χ4v) is 6.77. The molecule has 0 fully saturated rings. The molecule has 2 heterocycles. The van der Waals surface area contributed by atoms with Gasteiger partial charge in [0.05, 0.1) is 25.6 Å². The number of carboxylic acid groups (broad SMARTS) is 1. The van der Waals surface area contributed by atoms with Crippen molar-refractivity contribution in [3.8, 4) is 5.75 Å². The first kappa shape index (κ1) is 39.2. The summed E-state index contributed by atoms with van der Waals surface area (Å²) in [6.45, 7) is 5.45. The van der Waals surface area contributed by atoms with E-state index in [-0.39, 0.29) is 48.0 Å². The van der Waals surface area contributed by atoms with Crippen LogP contribution >= 0.6 is 45.2 Å². The Morgan fingerprint density at radius 3 is 2.24 bits per heavy atom. The number of nitrogens with two attached hydrogens (primary N) is 2. The van der Waals surface area contributed by atoms with Crippen LogP contribution in [0, 0.1) is 7.14 Å². The summed E-state index contributed by atoms with van der Waals surface area (Å²) in [5.74, 6) is -3.09. The van der Waals surface area contributed by atoms with Crippen molar-refractivity contribution in [1.29, 1.82) is 0 Å². The van der Waals surface area contributed by atoms with Crippen LogP contribution in [0.2, 0.25) is 0 Å². The number of nitrogens with zero attached hydrogens (tertiary/aromatic N) is 5. The van der Waals surface area contributed by atoms with Crippen molar-refractivity contribution in [2.75, 3.05) is 23.4 Å². The maximum atomic E-state index is 13.5. The molecule has 2 aromatic carbocycles. The van der Waals surface area contributed by atoms with Gasteiger partial charge in [-0.15, -0.1) is 0 Å². The Kier molecular flexibility index (Phi) is 12.8. The van der Waals surface area contributed by atoms with E-state index in [4.69, 9.17) is 16.2 Å². The van der Waals surface area contributed by atoms with Crippen LogP contribution in [0.5, 0.6) is 5.75 Å². The Morgan fingerprint density at radius 2 is 1.63 bits per heavy atom. The second-order valence-electron chi connectivity index (χ2n) is 12.6. The molecule has 270 valence electrons. The molecule has 0 saturated carbocycles. The molecular formula is C33H37I2N9O7. The number of benzene rings is 2. The van der Waals surface area contributed by atoms with E-state index < -0.39 is 41.4 Å².